The third kappa shape index (κ3) is 5.63. The monoisotopic (exact) mass is 513 g/mol. The highest BCUT2D eigenvalue weighted by Crippen LogP contribution is 2.32. The molecule has 0 unspecified atom stereocenters. The summed E-state index contributed by atoms with van der Waals surface area (Å²) in [5, 5.41) is 1.06. The average Bonchev–Trinajstić information content (AvgIpc) is 3.27. The highest BCUT2D eigenvalue weighted by Gasteiger charge is 2.22. The molecule has 2 aromatic carbocycles. The van der Waals surface area contributed by atoms with E-state index in [0.717, 1.165) is 27.9 Å². The molecule has 176 valence electrons. The maximum Gasteiger partial charge on any atom is 0.229 e. The minimum Gasteiger partial charge on any atom is -0.282 e. The highest BCUT2D eigenvalue weighted by molar-refractivity contribution is 7.91. The number of halogens is 1. The van der Waals surface area contributed by atoms with Crippen LogP contribution in [0.2, 0.25) is 5.02 Å². The number of carbonyl (C=O) groups excluding carboxylic acids is 1. The fourth-order valence-corrected chi connectivity index (χ4v) is 6.09. The standard InChI is InChI=1S/C25H24ClN3O3S2/c1-2-18-7-5-9-22-24(18)28-25(33-22)29(17-20-8-3-4-15-27-20)23(30)10-6-16-34(31,32)21-13-11-19(26)12-14-21/h3-5,7-9,11-15H,2,6,10,16-17H2,1H3. The van der Waals surface area contributed by atoms with Crippen LogP contribution in [0.4, 0.5) is 5.13 Å². The van der Waals surface area contributed by atoms with E-state index in [9.17, 15) is 13.2 Å². The molecular formula is C25H24ClN3O3S2. The Balaban J connectivity index is 1.54. The summed E-state index contributed by atoms with van der Waals surface area (Å²) < 4.78 is 26.3. The SMILES string of the molecule is CCc1cccc2sc(N(Cc3ccccn3)C(=O)CCCS(=O)(=O)c3ccc(Cl)cc3)nc12. The Labute approximate surface area is 208 Å². The molecule has 6 nitrogen and oxygen atoms in total. The molecule has 0 saturated carbocycles. The molecule has 0 aliphatic rings. The lowest BCUT2D eigenvalue weighted by molar-refractivity contribution is -0.118. The van der Waals surface area contributed by atoms with Crippen LogP contribution in [0.3, 0.4) is 0 Å². The van der Waals surface area contributed by atoms with Crippen LogP contribution >= 0.6 is 22.9 Å². The molecule has 0 saturated heterocycles. The van der Waals surface area contributed by atoms with E-state index in [4.69, 9.17) is 16.6 Å². The van der Waals surface area contributed by atoms with Crippen molar-refractivity contribution in [1.82, 2.24) is 9.97 Å². The Morgan fingerprint density at radius 1 is 1.06 bits per heavy atom. The first-order chi connectivity index (χ1) is 16.4. The smallest absolute Gasteiger partial charge is 0.229 e. The van der Waals surface area contributed by atoms with Gasteiger partial charge in [0.15, 0.2) is 15.0 Å². The van der Waals surface area contributed by atoms with Gasteiger partial charge in [0.2, 0.25) is 5.91 Å². The second kappa shape index (κ2) is 10.6. The molecule has 34 heavy (non-hydrogen) atoms. The van der Waals surface area contributed by atoms with Crippen molar-refractivity contribution >= 4 is 54.0 Å². The Morgan fingerprint density at radius 2 is 1.85 bits per heavy atom. The van der Waals surface area contributed by atoms with E-state index < -0.39 is 9.84 Å². The van der Waals surface area contributed by atoms with E-state index in [2.05, 4.69) is 11.9 Å². The number of hydrogen-bond acceptors (Lipinski definition) is 6. The van der Waals surface area contributed by atoms with Crippen molar-refractivity contribution in [2.75, 3.05) is 10.7 Å². The Morgan fingerprint density at radius 3 is 2.56 bits per heavy atom. The van der Waals surface area contributed by atoms with Crippen molar-refractivity contribution in [1.29, 1.82) is 0 Å². The summed E-state index contributed by atoms with van der Waals surface area (Å²) in [4.78, 5) is 24.2. The Hall–Kier alpha value is -2.81. The Kier molecular flexibility index (Phi) is 7.60. The van der Waals surface area contributed by atoms with Gasteiger partial charge in [-0.2, -0.15) is 0 Å². The van der Waals surface area contributed by atoms with Gasteiger partial charge in [0.1, 0.15) is 0 Å². The number of nitrogens with zero attached hydrogens (tertiary/aromatic N) is 3. The van der Waals surface area contributed by atoms with Gasteiger partial charge in [-0.25, -0.2) is 13.4 Å². The van der Waals surface area contributed by atoms with E-state index >= 15 is 0 Å². The molecule has 0 atom stereocenters. The minimum atomic E-state index is -3.51. The lowest BCUT2D eigenvalue weighted by Gasteiger charge is -2.19. The molecule has 4 aromatic rings. The zero-order chi connectivity index (χ0) is 24.1. The summed E-state index contributed by atoms with van der Waals surface area (Å²) in [7, 11) is -3.51. The summed E-state index contributed by atoms with van der Waals surface area (Å²) >= 11 is 7.32. The quantitative estimate of drug-likeness (QED) is 0.287. The van der Waals surface area contributed by atoms with Crippen LogP contribution in [0.5, 0.6) is 0 Å². The fraction of sp³-hybridized carbons (Fsp3) is 0.240. The molecule has 2 aromatic heterocycles. The molecule has 0 aliphatic carbocycles. The molecule has 0 bridgehead atoms. The minimum absolute atomic E-state index is 0.0796. The first-order valence-corrected chi connectivity index (χ1v) is 13.8. The van der Waals surface area contributed by atoms with Crippen LogP contribution in [-0.2, 0) is 27.6 Å². The van der Waals surface area contributed by atoms with Crippen molar-refractivity contribution in [3.8, 4) is 0 Å². The van der Waals surface area contributed by atoms with Gasteiger partial charge in [-0.15, -0.1) is 0 Å². The first-order valence-electron chi connectivity index (χ1n) is 10.9. The topological polar surface area (TPSA) is 80.2 Å². The molecular weight excluding hydrogens is 490 g/mol. The van der Waals surface area contributed by atoms with E-state index in [1.807, 2.05) is 36.4 Å². The largest absolute Gasteiger partial charge is 0.282 e. The summed E-state index contributed by atoms with van der Waals surface area (Å²) in [6, 6.07) is 17.7. The summed E-state index contributed by atoms with van der Waals surface area (Å²) in [6.07, 6.45) is 2.81. The van der Waals surface area contributed by atoms with Crippen LogP contribution < -0.4 is 4.90 Å². The van der Waals surface area contributed by atoms with Gasteiger partial charge in [0, 0.05) is 17.6 Å². The van der Waals surface area contributed by atoms with E-state index in [0.29, 0.717) is 10.2 Å². The van der Waals surface area contributed by atoms with Crippen LogP contribution in [0.1, 0.15) is 31.0 Å². The van der Waals surface area contributed by atoms with Crippen LogP contribution in [-0.4, -0.2) is 30.0 Å². The number of hydrogen-bond donors (Lipinski definition) is 0. The van der Waals surface area contributed by atoms with Crippen LogP contribution in [0, 0.1) is 0 Å². The van der Waals surface area contributed by atoms with Crippen LogP contribution in [0.25, 0.3) is 10.2 Å². The zero-order valence-electron chi connectivity index (χ0n) is 18.6. The third-order valence-corrected chi connectivity index (χ3v) is 8.54. The first kappa shape index (κ1) is 24.3. The molecule has 0 fully saturated rings. The van der Waals surface area contributed by atoms with E-state index in [-0.39, 0.29) is 35.9 Å². The summed E-state index contributed by atoms with van der Waals surface area (Å²) in [6.45, 7) is 2.34. The van der Waals surface area contributed by atoms with Crippen molar-refractivity contribution in [2.45, 2.75) is 37.6 Å². The summed E-state index contributed by atoms with van der Waals surface area (Å²) in [5.74, 6) is -0.313. The van der Waals surface area contributed by atoms with Gasteiger partial charge in [-0.1, -0.05) is 48.1 Å². The average molecular weight is 514 g/mol. The number of amides is 1. The van der Waals surface area contributed by atoms with Gasteiger partial charge in [-0.3, -0.25) is 14.7 Å². The number of para-hydroxylation sites is 1. The van der Waals surface area contributed by atoms with Crippen molar-refractivity contribution in [3.63, 3.8) is 0 Å². The number of pyridine rings is 1. The number of sulfone groups is 1. The molecule has 0 spiro atoms. The number of rotatable bonds is 9. The second-order valence-electron chi connectivity index (χ2n) is 7.79. The van der Waals surface area contributed by atoms with Crippen molar-refractivity contribution in [2.24, 2.45) is 0 Å². The molecule has 4 rings (SSSR count). The van der Waals surface area contributed by atoms with E-state index in [1.54, 1.807) is 23.2 Å². The predicted octanol–water partition coefficient (Wildman–Crippen LogP) is 5.69. The number of aryl methyl sites for hydroxylation is 1. The number of thiazole rings is 1. The lowest BCUT2D eigenvalue weighted by Crippen LogP contribution is -2.30. The van der Waals surface area contributed by atoms with E-state index in [1.165, 1.54) is 23.5 Å². The number of aromatic nitrogens is 2. The molecule has 1 amide bonds. The van der Waals surface area contributed by atoms with Gasteiger partial charge in [-0.05, 0) is 60.9 Å². The normalized spacial score (nSPS) is 11.6. The highest BCUT2D eigenvalue weighted by atomic mass is 35.5. The zero-order valence-corrected chi connectivity index (χ0v) is 21.0. The number of fused-ring (bicyclic) bond motifs is 1. The molecule has 0 N–H and O–H groups in total. The van der Waals surface area contributed by atoms with Gasteiger partial charge >= 0.3 is 0 Å². The molecule has 2 heterocycles. The van der Waals surface area contributed by atoms with Crippen molar-refractivity contribution in [3.05, 3.63) is 83.1 Å². The fourth-order valence-electron chi connectivity index (χ4n) is 3.62. The molecule has 0 radical (unpaired) electrons. The summed E-state index contributed by atoms with van der Waals surface area (Å²) in [5.41, 5.74) is 2.76. The van der Waals surface area contributed by atoms with Gasteiger partial charge in [0.25, 0.3) is 0 Å². The number of carbonyl (C=O) groups is 1. The lowest BCUT2D eigenvalue weighted by atomic mass is 10.1. The third-order valence-electron chi connectivity index (χ3n) is 5.43. The molecule has 0 aliphatic heterocycles. The maximum absolute atomic E-state index is 13.3. The van der Waals surface area contributed by atoms with Crippen molar-refractivity contribution < 1.29 is 13.2 Å². The Bertz CT molecular complexity index is 1390. The maximum atomic E-state index is 13.3. The van der Waals surface area contributed by atoms with Gasteiger partial charge in [0.05, 0.1) is 33.1 Å². The van der Waals surface area contributed by atoms with Crippen LogP contribution in [0.15, 0.2) is 71.8 Å². The number of anilines is 1. The second-order valence-corrected chi connectivity index (χ2v) is 11.3. The number of benzene rings is 2. The van der Waals surface area contributed by atoms with Gasteiger partial charge < -0.3 is 0 Å². The molecule has 9 heteroatoms. The predicted molar refractivity (Wildman–Crippen MR) is 137 cm³/mol.